The van der Waals surface area contributed by atoms with Crippen LogP contribution in [0, 0.1) is 11.8 Å². The number of hydrogen-bond donors (Lipinski definition) is 1. The third-order valence-corrected chi connectivity index (χ3v) is 5.53. The van der Waals surface area contributed by atoms with Crippen LogP contribution < -0.4 is 5.32 Å². The fourth-order valence-corrected chi connectivity index (χ4v) is 4.17. The Morgan fingerprint density at radius 3 is 2.53 bits per heavy atom. The van der Waals surface area contributed by atoms with Gasteiger partial charge in [-0.1, -0.05) is 26.7 Å². The zero-order chi connectivity index (χ0) is 13.7. The second-order valence-electron chi connectivity index (χ2n) is 6.91. The van der Waals surface area contributed by atoms with Gasteiger partial charge in [-0.3, -0.25) is 4.90 Å². The molecule has 1 N–H and O–H groups in total. The summed E-state index contributed by atoms with van der Waals surface area (Å²) in [4.78, 5) is 2.86. The zero-order valence-electron chi connectivity index (χ0n) is 13.3. The Labute approximate surface area is 120 Å². The van der Waals surface area contributed by atoms with Crippen molar-refractivity contribution in [3.05, 3.63) is 0 Å². The molecular weight excluding hydrogens is 232 g/mol. The molecule has 1 saturated heterocycles. The van der Waals surface area contributed by atoms with Crippen molar-refractivity contribution in [2.24, 2.45) is 11.8 Å². The average Bonchev–Trinajstić information content (AvgIpc) is 3.08. The van der Waals surface area contributed by atoms with Crippen LogP contribution in [0.25, 0.3) is 0 Å². The molecule has 0 spiro atoms. The van der Waals surface area contributed by atoms with Crippen molar-refractivity contribution >= 4 is 0 Å². The number of nitrogens with zero attached hydrogens (tertiary/aromatic N) is 1. The first-order valence-electron chi connectivity index (χ1n) is 8.70. The SMILES string of the molecule is CCCNCC(C)C(C)N1CCCC1C1CCCC1. The normalized spacial score (nSPS) is 28.9. The highest BCUT2D eigenvalue weighted by Gasteiger charge is 2.36. The Hall–Kier alpha value is -0.0800. The summed E-state index contributed by atoms with van der Waals surface area (Å²) in [6.45, 7) is 10.8. The van der Waals surface area contributed by atoms with Gasteiger partial charge in [-0.05, 0) is 70.5 Å². The molecule has 2 rings (SSSR count). The van der Waals surface area contributed by atoms with Gasteiger partial charge in [-0.15, -0.1) is 0 Å². The third-order valence-electron chi connectivity index (χ3n) is 5.53. The lowest BCUT2D eigenvalue weighted by Crippen LogP contribution is -2.46. The van der Waals surface area contributed by atoms with Gasteiger partial charge in [0.25, 0.3) is 0 Å². The summed E-state index contributed by atoms with van der Waals surface area (Å²) in [6.07, 6.45) is 10.1. The minimum Gasteiger partial charge on any atom is -0.316 e. The molecule has 19 heavy (non-hydrogen) atoms. The predicted molar refractivity (Wildman–Crippen MR) is 83.5 cm³/mol. The Morgan fingerprint density at radius 1 is 1.11 bits per heavy atom. The van der Waals surface area contributed by atoms with Crippen molar-refractivity contribution in [1.82, 2.24) is 10.2 Å². The van der Waals surface area contributed by atoms with Crippen molar-refractivity contribution in [3.8, 4) is 0 Å². The van der Waals surface area contributed by atoms with Gasteiger partial charge in [0.1, 0.15) is 0 Å². The first-order valence-corrected chi connectivity index (χ1v) is 8.70. The molecule has 2 aliphatic rings. The summed E-state index contributed by atoms with van der Waals surface area (Å²) in [5.74, 6) is 1.79. The van der Waals surface area contributed by atoms with E-state index in [1.807, 2.05) is 0 Å². The van der Waals surface area contributed by atoms with Crippen LogP contribution >= 0.6 is 0 Å². The number of hydrogen-bond acceptors (Lipinski definition) is 2. The molecule has 1 saturated carbocycles. The van der Waals surface area contributed by atoms with Crippen LogP contribution in [0.15, 0.2) is 0 Å². The lowest BCUT2D eigenvalue weighted by Gasteiger charge is -2.37. The fourth-order valence-electron chi connectivity index (χ4n) is 4.17. The molecule has 0 amide bonds. The van der Waals surface area contributed by atoms with Gasteiger partial charge in [0, 0.05) is 12.1 Å². The molecule has 0 radical (unpaired) electrons. The number of nitrogens with one attached hydrogen (secondary N) is 1. The summed E-state index contributed by atoms with van der Waals surface area (Å²) in [5.41, 5.74) is 0. The van der Waals surface area contributed by atoms with Crippen LogP contribution in [0.3, 0.4) is 0 Å². The predicted octanol–water partition coefficient (Wildman–Crippen LogP) is 3.67. The van der Waals surface area contributed by atoms with Gasteiger partial charge in [0.05, 0.1) is 0 Å². The Bertz CT molecular complexity index is 248. The second-order valence-corrected chi connectivity index (χ2v) is 6.91. The molecule has 2 heteroatoms. The second kappa shape index (κ2) is 7.64. The van der Waals surface area contributed by atoms with Crippen molar-refractivity contribution < 1.29 is 0 Å². The lowest BCUT2D eigenvalue weighted by atomic mass is 9.93. The lowest BCUT2D eigenvalue weighted by molar-refractivity contribution is 0.110. The maximum absolute atomic E-state index is 3.60. The van der Waals surface area contributed by atoms with Crippen molar-refractivity contribution in [1.29, 1.82) is 0 Å². The van der Waals surface area contributed by atoms with E-state index in [0.717, 1.165) is 23.9 Å². The number of rotatable bonds is 7. The minimum absolute atomic E-state index is 0.748. The van der Waals surface area contributed by atoms with E-state index in [9.17, 15) is 0 Å². The largest absolute Gasteiger partial charge is 0.316 e. The van der Waals surface area contributed by atoms with Crippen LogP contribution in [0.1, 0.15) is 65.7 Å². The van der Waals surface area contributed by atoms with Gasteiger partial charge in [-0.2, -0.15) is 0 Å². The Balaban J connectivity index is 1.83. The molecule has 2 fully saturated rings. The van der Waals surface area contributed by atoms with E-state index in [1.165, 1.54) is 64.6 Å². The van der Waals surface area contributed by atoms with Gasteiger partial charge in [-0.25, -0.2) is 0 Å². The van der Waals surface area contributed by atoms with Gasteiger partial charge in [0.15, 0.2) is 0 Å². The topological polar surface area (TPSA) is 15.3 Å². The van der Waals surface area contributed by atoms with Crippen LogP contribution in [0.5, 0.6) is 0 Å². The summed E-state index contributed by atoms with van der Waals surface area (Å²) in [7, 11) is 0. The van der Waals surface area contributed by atoms with E-state index in [0.29, 0.717) is 0 Å². The summed E-state index contributed by atoms with van der Waals surface area (Å²) < 4.78 is 0. The highest BCUT2D eigenvalue weighted by molar-refractivity contribution is 4.91. The molecule has 1 aliphatic carbocycles. The summed E-state index contributed by atoms with van der Waals surface area (Å²) in [6, 6.07) is 1.66. The smallest absolute Gasteiger partial charge is 0.0127 e. The molecule has 0 aromatic heterocycles. The van der Waals surface area contributed by atoms with Gasteiger partial charge >= 0.3 is 0 Å². The number of likely N-dealkylation sites (tertiary alicyclic amines) is 1. The van der Waals surface area contributed by atoms with Crippen molar-refractivity contribution in [2.75, 3.05) is 19.6 Å². The van der Waals surface area contributed by atoms with Gasteiger partial charge in [0.2, 0.25) is 0 Å². The molecule has 0 aromatic rings. The van der Waals surface area contributed by atoms with Crippen LogP contribution in [-0.4, -0.2) is 36.6 Å². The Morgan fingerprint density at radius 2 is 1.84 bits per heavy atom. The average molecular weight is 266 g/mol. The van der Waals surface area contributed by atoms with E-state index in [1.54, 1.807) is 0 Å². The third kappa shape index (κ3) is 3.95. The Kier molecular flexibility index (Phi) is 6.15. The van der Waals surface area contributed by atoms with Gasteiger partial charge < -0.3 is 5.32 Å². The molecule has 0 bridgehead atoms. The molecule has 0 aromatic carbocycles. The molecule has 1 aliphatic heterocycles. The molecule has 3 unspecified atom stereocenters. The van der Waals surface area contributed by atoms with E-state index in [-0.39, 0.29) is 0 Å². The zero-order valence-corrected chi connectivity index (χ0v) is 13.3. The quantitative estimate of drug-likeness (QED) is 0.707. The van der Waals surface area contributed by atoms with Crippen molar-refractivity contribution in [3.63, 3.8) is 0 Å². The maximum atomic E-state index is 3.60. The highest BCUT2D eigenvalue weighted by Crippen LogP contribution is 2.37. The fraction of sp³-hybridized carbons (Fsp3) is 1.00. The van der Waals surface area contributed by atoms with E-state index >= 15 is 0 Å². The van der Waals surface area contributed by atoms with E-state index < -0.39 is 0 Å². The monoisotopic (exact) mass is 266 g/mol. The summed E-state index contributed by atoms with van der Waals surface area (Å²) >= 11 is 0. The van der Waals surface area contributed by atoms with E-state index in [2.05, 4.69) is 31.0 Å². The van der Waals surface area contributed by atoms with E-state index in [4.69, 9.17) is 0 Å². The van der Waals surface area contributed by atoms with Crippen LogP contribution in [0.4, 0.5) is 0 Å². The molecule has 3 atom stereocenters. The standard InChI is InChI=1S/C17H34N2/c1-4-11-18-13-14(2)15(3)19-12-7-10-17(19)16-8-5-6-9-16/h14-18H,4-13H2,1-3H3. The van der Waals surface area contributed by atoms with Crippen molar-refractivity contribution in [2.45, 2.75) is 77.8 Å². The molecule has 112 valence electrons. The maximum Gasteiger partial charge on any atom is 0.0127 e. The first kappa shape index (κ1) is 15.3. The first-order chi connectivity index (χ1) is 9.24. The van der Waals surface area contributed by atoms with Crippen LogP contribution in [-0.2, 0) is 0 Å². The molecule has 1 heterocycles. The molecule has 2 nitrogen and oxygen atoms in total. The van der Waals surface area contributed by atoms with Crippen LogP contribution in [0.2, 0.25) is 0 Å². The summed E-state index contributed by atoms with van der Waals surface area (Å²) in [5, 5.41) is 3.60. The molecular formula is C17H34N2. The minimum atomic E-state index is 0.748. The highest BCUT2D eigenvalue weighted by atomic mass is 15.2.